The Morgan fingerprint density at radius 2 is 2.00 bits per heavy atom. The summed E-state index contributed by atoms with van der Waals surface area (Å²) in [7, 11) is 0. The maximum atomic E-state index is 3.50. The van der Waals surface area contributed by atoms with Gasteiger partial charge in [-0.05, 0) is 20.3 Å². The zero-order valence-corrected chi connectivity index (χ0v) is 9.25. The third kappa shape index (κ3) is 2.05. The molecule has 2 bridgehead atoms. The van der Waals surface area contributed by atoms with Crippen LogP contribution in [0.5, 0.6) is 0 Å². The van der Waals surface area contributed by atoms with Gasteiger partial charge in [-0.2, -0.15) is 0 Å². The molecule has 2 atom stereocenters. The van der Waals surface area contributed by atoms with Crippen molar-refractivity contribution in [2.75, 3.05) is 13.1 Å². The summed E-state index contributed by atoms with van der Waals surface area (Å²) in [6.07, 6.45) is 1.39. The van der Waals surface area contributed by atoms with E-state index in [2.05, 4.69) is 24.1 Å². The number of halogens is 2. The molecule has 2 saturated heterocycles. The molecule has 0 aromatic rings. The molecule has 2 aliphatic rings. The molecule has 2 aliphatic heterocycles. The summed E-state index contributed by atoms with van der Waals surface area (Å²) < 4.78 is 0. The number of nitrogens with zero attached hydrogens (tertiary/aromatic N) is 1. The summed E-state index contributed by atoms with van der Waals surface area (Å²) in [4.78, 5) is 2.61. The van der Waals surface area contributed by atoms with E-state index in [4.69, 9.17) is 0 Å². The first kappa shape index (κ1) is 12.5. The van der Waals surface area contributed by atoms with Crippen LogP contribution in [0.2, 0.25) is 0 Å². The Labute approximate surface area is 86.9 Å². The van der Waals surface area contributed by atoms with E-state index in [1.54, 1.807) is 0 Å². The summed E-state index contributed by atoms with van der Waals surface area (Å²) in [5.41, 5.74) is 0. The highest BCUT2D eigenvalue weighted by atomic mass is 35.5. The van der Waals surface area contributed by atoms with Crippen LogP contribution in [0.3, 0.4) is 0 Å². The van der Waals surface area contributed by atoms with Crippen LogP contribution in [0.1, 0.15) is 20.3 Å². The fraction of sp³-hybridized carbons (Fsp3) is 1.00. The van der Waals surface area contributed by atoms with E-state index in [1.165, 1.54) is 19.5 Å². The van der Waals surface area contributed by atoms with Crippen molar-refractivity contribution in [2.24, 2.45) is 0 Å². The van der Waals surface area contributed by atoms with Gasteiger partial charge in [-0.25, -0.2) is 0 Å². The minimum Gasteiger partial charge on any atom is -0.311 e. The molecule has 1 N–H and O–H groups in total. The minimum atomic E-state index is 0. The predicted octanol–water partition coefficient (Wildman–Crippen LogP) is 1.28. The largest absolute Gasteiger partial charge is 0.311 e. The van der Waals surface area contributed by atoms with Gasteiger partial charge in [0, 0.05) is 31.2 Å². The molecule has 12 heavy (non-hydrogen) atoms. The molecule has 0 spiro atoms. The zero-order valence-electron chi connectivity index (χ0n) is 7.62. The number of piperazine rings is 1. The third-order valence-corrected chi connectivity index (χ3v) is 2.76. The maximum Gasteiger partial charge on any atom is 0.0239 e. The molecule has 0 radical (unpaired) electrons. The van der Waals surface area contributed by atoms with Gasteiger partial charge in [-0.3, -0.25) is 4.90 Å². The van der Waals surface area contributed by atoms with Crippen LogP contribution in [-0.2, 0) is 0 Å². The van der Waals surface area contributed by atoms with E-state index in [0.29, 0.717) is 0 Å². The Morgan fingerprint density at radius 1 is 1.33 bits per heavy atom. The average Bonchev–Trinajstić information content (AvgIpc) is 2.44. The van der Waals surface area contributed by atoms with Gasteiger partial charge in [-0.15, -0.1) is 24.8 Å². The molecule has 0 aromatic heterocycles. The van der Waals surface area contributed by atoms with Crippen molar-refractivity contribution in [3.63, 3.8) is 0 Å². The van der Waals surface area contributed by atoms with Crippen LogP contribution in [0.4, 0.5) is 0 Å². The first-order valence-corrected chi connectivity index (χ1v) is 4.26. The second kappa shape index (κ2) is 4.66. The van der Waals surface area contributed by atoms with E-state index < -0.39 is 0 Å². The lowest BCUT2D eigenvalue weighted by atomic mass is 10.2. The molecule has 2 fully saturated rings. The predicted molar refractivity (Wildman–Crippen MR) is 56.5 cm³/mol. The highest BCUT2D eigenvalue weighted by molar-refractivity contribution is 5.85. The Balaban J connectivity index is 0.000000605. The van der Waals surface area contributed by atoms with Gasteiger partial charge < -0.3 is 5.32 Å². The highest BCUT2D eigenvalue weighted by Gasteiger charge is 2.38. The minimum absolute atomic E-state index is 0. The van der Waals surface area contributed by atoms with Crippen molar-refractivity contribution < 1.29 is 0 Å². The molecule has 0 amide bonds. The van der Waals surface area contributed by atoms with Crippen molar-refractivity contribution >= 4 is 24.8 Å². The van der Waals surface area contributed by atoms with Gasteiger partial charge in [-0.1, -0.05) is 0 Å². The van der Waals surface area contributed by atoms with Gasteiger partial charge in [0.1, 0.15) is 0 Å². The maximum absolute atomic E-state index is 3.50. The molecular formula is C8H18Cl2N2. The van der Waals surface area contributed by atoms with Gasteiger partial charge in [0.25, 0.3) is 0 Å². The quantitative estimate of drug-likeness (QED) is 0.706. The van der Waals surface area contributed by atoms with Crippen molar-refractivity contribution in [3.8, 4) is 0 Å². The first-order valence-electron chi connectivity index (χ1n) is 4.26. The molecule has 4 heteroatoms. The number of hydrogen-bond donors (Lipinski definition) is 1. The fourth-order valence-corrected chi connectivity index (χ4v) is 2.23. The third-order valence-electron chi connectivity index (χ3n) is 2.76. The summed E-state index contributed by atoms with van der Waals surface area (Å²) in [5.74, 6) is 0. The molecular weight excluding hydrogens is 195 g/mol. The zero-order chi connectivity index (χ0) is 7.14. The molecule has 0 unspecified atom stereocenters. The lowest BCUT2D eigenvalue weighted by molar-refractivity contribution is 0.181. The first-order chi connectivity index (χ1) is 4.77. The molecule has 2 rings (SSSR count). The van der Waals surface area contributed by atoms with Crippen LogP contribution in [0.15, 0.2) is 0 Å². The van der Waals surface area contributed by atoms with Crippen LogP contribution in [0, 0.1) is 0 Å². The Bertz CT molecular complexity index is 141. The van der Waals surface area contributed by atoms with Gasteiger partial charge in [0.2, 0.25) is 0 Å². The second-order valence-electron chi connectivity index (χ2n) is 3.79. The van der Waals surface area contributed by atoms with E-state index in [0.717, 1.165) is 18.1 Å². The van der Waals surface area contributed by atoms with Crippen LogP contribution in [-0.4, -0.2) is 36.1 Å². The average molecular weight is 213 g/mol. The standard InChI is InChI=1S/C8H16N2.2ClH/c1-6(2)10-5-7-3-8(10)4-9-7;;/h6-9H,3-5H2,1-2H3;2*1H/t7-,8-;;/m0../s1. The Kier molecular flexibility index (Phi) is 4.85. The van der Waals surface area contributed by atoms with Crippen molar-refractivity contribution in [2.45, 2.75) is 38.4 Å². The lowest BCUT2D eigenvalue weighted by Gasteiger charge is -2.30. The molecule has 0 aromatic carbocycles. The second-order valence-corrected chi connectivity index (χ2v) is 3.79. The van der Waals surface area contributed by atoms with E-state index in [1.807, 2.05) is 0 Å². The van der Waals surface area contributed by atoms with Crippen LogP contribution >= 0.6 is 24.8 Å². The van der Waals surface area contributed by atoms with Crippen LogP contribution < -0.4 is 5.32 Å². The number of likely N-dealkylation sites (tertiary alicyclic amines) is 1. The van der Waals surface area contributed by atoms with Crippen molar-refractivity contribution in [1.29, 1.82) is 0 Å². The topological polar surface area (TPSA) is 15.3 Å². The molecule has 74 valence electrons. The van der Waals surface area contributed by atoms with Gasteiger partial charge >= 0.3 is 0 Å². The number of nitrogens with one attached hydrogen (secondary N) is 1. The highest BCUT2D eigenvalue weighted by Crippen LogP contribution is 2.24. The SMILES string of the molecule is CC(C)N1C[C@@H]2C[C@H]1CN2.Cl.Cl. The lowest BCUT2D eigenvalue weighted by Crippen LogP contribution is -2.46. The molecule has 0 saturated carbocycles. The summed E-state index contributed by atoms with van der Waals surface area (Å²) in [6.45, 7) is 7.09. The molecule has 2 nitrogen and oxygen atoms in total. The number of hydrogen-bond acceptors (Lipinski definition) is 2. The van der Waals surface area contributed by atoms with Gasteiger partial charge in [0.15, 0.2) is 0 Å². The fourth-order valence-electron chi connectivity index (χ4n) is 2.23. The normalized spacial score (nSPS) is 33.2. The Morgan fingerprint density at radius 3 is 2.25 bits per heavy atom. The van der Waals surface area contributed by atoms with E-state index in [9.17, 15) is 0 Å². The molecule has 2 heterocycles. The van der Waals surface area contributed by atoms with Gasteiger partial charge in [0.05, 0.1) is 0 Å². The van der Waals surface area contributed by atoms with E-state index in [-0.39, 0.29) is 24.8 Å². The number of fused-ring (bicyclic) bond motifs is 2. The number of rotatable bonds is 1. The summed E-state index contributed by atoms with van der Waals surface area (Å²) in [5, 5.41) is 3.50. The smallest absolute Gasteiger partial charge is 0.0239 e. The molecule has 0 aliphatic carbocycles. The van der Waals surface area contributed by atoms with Crippen LogP contribution in [0.25, 0.3) is 0 Å². The van der Waals surface area contributed by atoms with E-state index >= 15 is 0 Å². The van der Waals surface area contributed by atoms with Crippen molar-refractivity contribution in [3.05, 3.63) is 0 Å². The summed E-state index contributed by atoms with van der Waals surface area (Å²) >= 11 is 0. The summed E-state index contributed by atoms with van der Waals surface area (Å²) in [6, 6.07) is 2.41. The monoisotopic (exact) mass is 212 g/mol. The van der Waals surface area contributed by atoms with Crippen molar-refractivity contribution in [1.82, 2.24) is 10.2 Å². The Hall–Kier alpha value is 0.500.